The average Bonchev–Trinajstić information content (AvgIpc) is 2.82. The predicted molar refractivity (Wildman–Crippen MR) is 73.4 cm³/mol. The molecule has 1 aliphatic rings. The number of hydrogen-bond acceptors (Lipinski definition) is 2. The van der Waals surface area contributed by atoms with Gasteiger partial charge in [-0.2, -0.15) is 0 Å². The third-order valence-electron chi connectivity index (χ3n) is 3.31. The Morgan fingerprint density at radius 1 is 1.06 bits per heavy atom. The Morgan fingerprint density at radius 3 is 2.50 bits per heavy atom. The van der Waals surface area contributed by atoms with Crippen molar-refractivity contribution in [3.05, 3.63) is 47.5 Å². The normalized spacial score (nSPS) is 23.1. The zero-order valence-corrected chi connectivity index (χ0v) is 11.3. The molecule has 18 heavy (non-hydrogen) atoms. The topological polar surface area (TPSA) is 18.5 Å². The van der Waals surface area contributed by atoms with Crippen LogP contribution in [0.1, 0.15) is 32.3 Å². The fourth-order valence-electron chi connectivity index (χ4n) is 2.26. The molecule has 2 rings (SSSR count). The highest BCUT2D eigenvalue weighted by atomic mass is 16.5. The molecule has 98 valence electrons. The van der Waals surface area contributed by atoms with Crippen LogP contribution in [0.25, 0.3) is 0 Å². The minimum Gasteiger partial charge on any atom is -0.372 e. The molecule has 0 fully saturated rings. The summed E-state index contributed by atoms with van der Waals surface area (Å²) in [7, 11) is 0. The summed E-state index contributed by atoms with van der Waals surface area (Å²) in [5, 5.41) is 0. The van der Waals surface area contributed by atoms with Gasteiger partial charge in [-0.1, -0.05) is 50.3 Å². The lowest BCUT2D eigenvalue weighted by Gasteiger charge is -2.14. The van der Waals surface area contributed by atoms with Crippen molar-refractivity contribution in [2.24, 2.45) is 0 Å². The molecule has 0 unspecified atom stereocenters. The molecule has 2 nitrogen and oxygen atoms in total. The van der Waals surface area contributed by atoms with Crippen molar-refractivity contribution in [1.29, 1.82) is 0 Å². The van der Waals surface area contributed by atoms with Crippen LogP contribution in [0.15, 0.2) is 42.0 Å². The quantitative estimate of drug-likeness (QED) is 0.712. The fourth-order valence-corrected chi connectivity index (χ4v) is 2.26. The van der Waals surface area contributed by atoms with Crippen molar-refractivity contribution in [2.45, 2.75) is 45.5 Å². The summed E-state index contributed by atoms with van der Waals surface area (Å²) >= 11 is 0. The Labute approximate surface area is 110 Å². The zero-order valence-electron chi connectivity index (χ0n) is 11.3. The second-order valence-electron chi connectivity index (χ2n) is 4.70. The van der Waals surface area contributed by atoms with Gasteiger partial charge < -0.3 is 9.47 Å². The number of ether oxygens (including phenoxy) is 2. The first kappa shape index (κ1) is 13.3. The first-order valence-corrected chi connectivity index (χ1v) is 6.81. The van der Waals surface area contributed by atoms with E-state index < -0.39 is 0 Å². The first-order chi connectivity index (χ1) is 8.83. The van der Waals surface area contributed by atoms with Crippen LogP contribution in [-0.4, -0.2) is 18.8 Å². The predicted octanol–water partition coefficient (Wildman–Crippen LogP) is 3.72. The van der Waals surface area contributed by atoms with Crippen LogP contribution in [0.4, 0.5) is 0 Å². The summed E-state index contributed by atoms with van der Waals surface area (Å²) in [6.45, 7) is 5.67. The molecular formula is C16H22O2. The van der Waals surface area contributed by atoms with Crippen LogP contribution in [0.3, 0.4) is 0 Å². The second kappa shape index (κ2) is 6.72. The van der Waals surface area contributed by atoms with Gasteiger partial charge in [0.1, 0.15) is 0 Å². The smallest absolute Gasteiger partial charge is 0.0813 e. The van der Waals surface area contributed by atoms with E-state index in [1.54, 1.807) is 0 Å². The van der Waals surface area contributed by atoms with Crippen molar-refractivity contribution >= 4 is 0 Å². The van der Waals surface area contributed by atoms with E-state index in [-0.39, 0.29) is 12.2 Å². The molecule has 1 heterocycles. The third kappa shape index (κ3) is 3.44. The Kier molecular flexibility index (Phi) is 4.97. The van der Waals surface area contributed by atoms with Crippen LogP contribution in [-0.2, 0) is 16.1 Å². The molecule has 2 atom stereocenters. The van der Waals surface area contributed by atoms with Gasteiger partial charge in [-0.05, 0) is 24.0 Å². The van der Waals surface area contributed by atoms with E-state index in [0.717, 1.165) is 12.8 Å². The molecule has 0 aromatic heterocycles. The Balaban J connectivity index is 1.82. The van der Waals surface area contributed by atoms with Crippen molar-refractivity contribution < 1.29 is 9.47 Å². The van der Waals surface area contributed by atoms with Crippen molar-refractivity contribution in [3.63, 3.8) is 0 Å². The second-order valence-corrected chi connectivity index (χ2v) is 4.70. The molecule has 0 N–H and O–H groups in total. The molecule has 0 spiro atoms. The summed E-state index contributed by atoms with van der Waals surface area (Å²) in [5.41, 5.74) is 2.53. The van der Waals surface area contributed by atoms with Gasteiger partial charge in [0, 0.05) is 0 Å². The summed E-state index contributed by atoms with van der Waals surface area (Å²) in [6.07, 6.45) is 4.84. The van der Waals surface area contributed by atoms with E-state index in [1.165, 1.54) is 11.1 Å². The summed E-state index contributed by atoms with van der Waals surface area (Å²) in [4.78, 5) is 0. The van der Waals surface area contributed by atoms with Gasteiger partial charge in [0.25, 0.3) is 0 Å². The highest BCUT2D eigenvalue weighted by Gasteiger charge is 2.24. The third-order valence-corrected chi connectivity index (χ3v) is 3.31. The Bertz CT molecular complexity index is 383. The molecule has 0 bridgehead atoms. The van der Waals surface area contributed by atoms with Gasteiger partial charge in [-0.15, -0.1) is 0 Å². The maximum absolute atomic E-state index is 5.90. The lowest BCUT2D eigenvalue weighted by molar-refractivity contribution is 0.0427. The summed E-state index contributed by atoms with van der Waals surface area (Å²) < 4.78 is 11.7. The molecule has 1 aromatic rings. The van der Waals surface area contributed by atoms with E-state index in [1.807, 2.05) is 18.2 Å². The van der Waals surface area contributed by atoms with E-state index in [4.69, 9.17) is 9.47 Å². The molecule has 1 aliphatic heterocycles. The number of hydrogen-bond donors (Lipinski definition) is 0. The standard InChI is InChI=1S/C16H22O2/c1-3-15-10-14(16(4-2)18-15)12-17-11-13-8-6-5-7-9-13/h5-10,15-16H,3-4,11-12H2,1-2H3/t15-,16-/m0/s1. The maximum Gasteiger partial charge on any atom is 0.0813 e. The van der Waals surface area contributed by atoms with E-state index >= 15 is 0 Å². The summed E-state index contributed by atoms with van der Waals surface area (Å²) in [5.74, 6) is 0. The molecule has 0 saturated carbocycles. The molecular weight excluding hydrogens is 224 g/mol. The van der Waals surface area contributed by atoms with Gasteiger partial charge in [0.05, 0.1) is 25.4 Å². The summed E-state index contributed by atoms with van der Waals surface area (Å²) in [6, 6.07) is 10.3. The fraction of sp³-hybridized carbons (Fsp3) is 0.500. The first-order valence-electron chi connectivity index (χ1n) is 6.81. The van der Waals surface area contributed by atoms with Gasteiger partial charge in [0.15, 0.2) is 0 Å². The van der Waals surface area contributed by atoms with Gasteiger partial charge in [-0.25, -0.2) is 0 Å². The molecule has 0 amide bonds. The highest BCUT2D eigenvalue weighted by molar-refractivity contribution is 5.17. The Hall–Kier alpha value is -1.12. The molecule has 0 aliphatic carbocycles. The van der Waals surface area contributed by atoms with Crippen molar-refractivity contribution in [3.8, 4) is 0 Å². The van der Waals surface area contributed by atoms with Crippen LogP contribution < -0.4 is 0 Å². The van der Waals surface area contributed by atoms with Crippen LogP contribution >= 0.6 is 0 Å². The minimum absolute atomic E-state index is 0.255. The number of rotatable bonds is 6. The Morgan fingerprint density at radius 2 is 1.83 bits per heavy atom. The monoisotopic (exact) mass is 246 g/mol. The molecule has 1 aromatic carbocycles. The van der Waals surface area contributed by atoms with E-state index in [2.05, 4.69) is 32.1 Å². The van der Waals surface area contributed by atoms with Gasteiger partial charge in [-0.3, -0.25) is 0 Å². The van der Waals surface area contributed by atoms with E-state index in [0.29, 0.717) is 13.2 Å². The van der Waals surface area contributed by atoms with Crippen molar-refractivity contribution in [1.82, 2.24) is 0 Å². The van der Waals surface area contributed by atoms with Gasteiger partial charge >= 0.3 is 0 Å². The maximum atomic E-state index is 5.90. The minimum atomic E-state index is 0.255. The molecule has 0 saturated heterocycles. The average molecular weight is 246 g/mol. The lowest BCUT2D eigenvalue weighted by Crippen LogP contribution is -2.15. The van der Waals surface area contributed by atoms with Crippen LogP contribution in [0, 0.1) is 0 Å². The van der Waals surface area contributed by atoms with E-state index in [9.17, 15) is 0 Å². The largest absolute Gasteiger partial charge is 0.372 e. The SMILES string of the molecule is CC[C@H]1C=C(COCc2ccccc2)[C@H](CC)O1. The highest BCUT2D eigenvalue weighted by Crippen LogP contribution is 2.24. The van der Waals surface area contributed by atoms with Crippen LogP contribution in [0.2, 0.25) is 0 Å². The van der Waals surface area contributed by atoms with Crippen LogP contribution in [0.5, 0.6) is 0 Å². The number of benzene rings is 1. The lowest BCUT2D eigenvalue weighted by atomic mass is 10.1. The van der Waals surface area contributed by atoms with Crippen molar-refractivity contribution in [2.75, 3.05) is 6.61 Å². The molecule has 2 heteroatoms. The zero-order chi connectivity index (χ0) is 12.8. The molecule has 0 radical (unpaired) electrons. The van der Waals surface area contributed by atoms with Gasteiger partial charge in [0.2, 0.25) is 0 Å².